The van der Waals surface area contributed by atoms with E-state index in [1.807, 2.05) is 16.8 Å². The first kappa shape index (κ1) is 25.3. The number of hydrogen-bond donors (Lipinski definition) is 2. The van der Waals surface area contributed by atoms with Crippen LogP contribution in [0.15, 0.2) is 59.8 Å². The minimum absolute atomic E-state index is 0.192. The zero-order valence-electron chi connectivity index (χ0n) is 21.0. The third kappa shape index (κ3) is 5.21. The molecule has 0 atom stereocenters. The molecule has 0 fully saturated rings. The fourth-order valence-corrected chi connectivity index (χ4v) is 5.14. The van der Waals surface area contributed by atoms with E-state index in [1.54, 1.807) is 84.7 Å². The summed E-state index contributed by atoms with van der Waals surface area (Å²) < 4.78 is 46.0. The normalized spacial score (nSPS) is 11.9. The van der Waals surface area contributed by atoms with Crippen LogP contribution in [-0.4, -0.2) is 49.8 Å². The van der Waals surface area contributed by atoms with E-state index < -0.39 is 15.6 Å². The summed E-state index contributed by atoms with van der Waals surface area (Å²) in [5, 5.41) is 4.01. The quantitative estimate of drug-likeness (QED) is 0.360. The van der Waals surface area contributed by atoms with Gasteiger partial charge in [0.05, 0.1) is 26.2 Å². The van der Waals surface area contributed by atoms with Crippen LogP contribution in [-0.2, 0) is 10.0 Å². The van der Waals surface area contributed by atoms with Crippen molar-refractivity contribution in [3.63, 3.8) is 0 Å². The van der Waals surface area contributed by atoms with Gasteiger partial charge in [-0.15, -0.1) is 0 Å². The maximum absolute atomic E-state index is 12.6. The first-order chi connectivity index (χ1) is 17.0. The van der Waals surface area contributed by atoms with Gasteiger partial charge >= 0.3 is 0 Å². The van der Waals surface area contributed by atoms with Gasteiger partial charge in [-0.3, -0.25) is 0 Å². The highest BCUT2D eigenvalue weighted by atomic mass is 32.2. The van der Waals surface area contributed by atoms with E-state index in [2.05, 4.69) is 20.0 Å². The maximum atomic E-state index is 12.6. The topological polar surface area (TPSA) is 117 Å². The smallest absolute Gasteiger partial charge is 0.241 e. The lowest BCUT2D eigenvalue weighted by molar-refractivity contribution is 0.324. The summed E-state index contributed by atoms with van der Waals surface area (Å²) in [6.07, 6.45) is 3.57. The predicted octanol–water partition coefficient (Wildman–Crippen LogP) is 4.27. The average molecular weight is 512 g/mol. The molecule has 2 heterocycles. The summed E-state index contributed by atoms with van der Waals surface area (Å²) >= 11 is 0. The lowest BCUT2D eigenvalue weighted by Crippen LogP contribution is -2.40. The number of methoxy groups -OCH3 is 3. The van der Waals surface area contributed by atoms with E-state index in [4.69, 9.17) is 14.2 Å². The van der Waals surface area contributed by atoms with E-state index in [-0.39, 0.29) is 4.90 Å². The molecule has 0 spiro atoms. The molecule has 0 bridgehead atoms. The highest BCUT2D eigenvalue weighted by Gasteiger charge is 2.22. The van der Waals surface area contributed by atoms with Gasteiger partial charge in [0.25, 0.3) is 0 Å². The maximum Gasteiger partial charge on any atom is 0.241 e. The minimum atomic E-state index is -3.63. The minimum Gasteiger partial charge on any atom is -0.493 e. The number of fused-ring (bicyclic) bond motifs is 1. The summed E-state index contributed by atoms with van der Waals surface area (Å²) in [6, 6.07) is 12.1. The Bertz CT molecular complexity index is 1470. The number of benzene rings is 2. The molecule has 4 rings (SSSR count). The highest BCUT2D eigenvalue weighted by Crippen LogP contribution is 2.40. The predicted molar refractivity (Wildman–Crippen MR) is 138 cm³/mol. The van der Waals surface area contributed by atoms with Crippen molar-refractivity contribution in [1.82, 2.24) is 19.3 Å². The summed E-state index contributed by atoms with van der Waals surface area (Å²) in [4.78, 5) is 9.28. The third-order valence-electron chi connectivity index (χ3n) is 5.21. The monoisotopic (exact) mass is 511 g/mol. The van der Waals surface area contributed by atoms with Gasteiger partial charge in [-0.25, -0.2) is 18.1 Å². The van der Waals surface area contributed by atoms with E-state index in [9.17, 15) is 8.42 Å². The number of ether oxygens (including phenoxy) is 3. The molecule has 0 aliphatic rings. The number of sulfonamides is 1. The molecule has 0 unspecified atom stereocenters. The SMILES string of the molecule is COc1cc(Nc2ncc3ccn(-c4ccc(S(=O)(=O)NC(C)(C)C)cc4)c3n2)cc(OC)c1OC. The van der Waals surface area contributed by atoms with Gasteiger partial charge in [-0.1, -0.05) is 0 Å². The second-order valence-electron chi connectivity index (χ2n) is 9.05. The second kappa shape index (κ2) is 9.67. The molecule has 190 valence electrons. The zero-order valence-corrected chi connectivity index (χ0v) is 21.8. The van der Waals surface area contributed by atoms with Crippen LogP contribution in [0.2, 0.25) is 0 Å². The molecule has 10 nitrogen and oxygen atoms in total. The summed E-state index contributed by atoms with van der Waals surface area (Å²) in [5.41, 5.74) is 1.50. The average Bonchev–Trinajstić information content (AvgIpc) is 3.25. The molecule has 11 heteroatoms. The zero-order chi connectivity index (χ0) is 26.1. The Kier molecular flexibility index (Phi) is 6.79. The largest absolute Gasteiger partial charge is 0.493 e. The second-order valence-corrected chi connectivity index (χ2v) is 10.7. The van der Waals surface area contributed by atoms with Crippen LogP contribution in [0.1, 0.15) is 20.8 Å². The molecule has 0 aliphatic carbocycles. The Labute approximate surface area is 210 Å². The van der Waals surface area contributed by atoms with E-state index >= 15 is 0 Å². The van der Waals surface area contributed by atoms with Crippen LogP contribution in [0.3, 0.4) is 0 Å². The molecule has 2 N–H and O–H groups in total. The van der Waals surface area contributed by atoms with Crippen LogP contribution in [0.5, 0.6) is 17.2 Å². The van der Waals surface area contributed by atoms with Gasteiger partial charge in [0.1, 0.15) is 5.65 Å². The van der Waals surface area contributed by atoms with Crippen LogP contribution in [0.4, 0.5) is 11.6 Å². The van der Waals surface area contributed by atoms with Gasteiger partial charge in [0.15, 0.2) is 11.5 Å². The summed E-state index contributed by atoms with van der Waals surface area (Å²) in [5.74, 6) is 1.85. The molecule has 2 aromatic carbocycles. The molecule has 0 saturated carbocycles. The number of anilines is 2. The van der Waals surface area contributed by atoms with Gasteiger partial charge in [0.2, 0.25) is 21.7 Å². The molecule has 2 aromatic heterocycles. The lowest BCUT2D eigenvalue weighted by Gasteiger charge is -2.20. The molecular formula is C25H29N5O5S. The van der Waals surface area contributed by atoms with Crippen LogP contribution < -0.4 is 24.2 Å². The number of hydrogen-bond acceptors (Lipinski definition) is 8. The number of rotatable bonds is 8. The molecule has 0 radical (unpaired) electrons. The van der Waals surface area contributed by atoms with Crippen molar-refractivity contribution in [3.8, 4) is 22.9 Å². The van der Waals surface area contributed by atoms with Crippen LogP contribution in [0, 0.1) is 0 Å². The highest BCUT2D eigenvalue weighted by molar-refractivity contribution is 7.89. The number of nitrogens with one attached hydrogen (secondary N) is 2. The Morgan fingerprint density at radius 3 is 2.11 bits per heavy atom. The van der Waals surface area contributed by atoms with Crippen LogP contribution >= 0.6 is 0 Å². The Hall–Kier alpha value is -3.83. The van der Waals surface area contributed by atoms with Gasteiger partial charge < -0.3 is 24.1 Å². The van der Waals surface area contributed by atoms with Crippen LogP contribution in [0.25, 0.3) is 16.7 Å². The molecular weight excluding hydrogens is 482 g/mol. The standard InChI is InChI=1S/C25H29N5O5S/c1-25(2,3)29-36(31,32)19-9-7-18(8-10-19)30-12-11-16-15-26-24(28-23(16)30)27-17-13-20(33-4)22(35-6)21(14-17)34-5/h7-15,29H,1-6H3,(H,26,27,28). The van der Waals surface area contributed by atoms with Crippen molar-refractivity contribution >= 4 is 32.7 Å². The molecule has 4 aromatic rings. The Balaban J connectivity index is 1.66. The molecule has 0 aliphatic heterocycles. The Morgan fingerprint density at radius 2 is 1.56 bits per heavy atom. The number of aromatic nitrogens is 3. The van der Waals surface area contributed by atoms with Crippen molar-refractivity contribution < 1.29 is 22.6 Å². The van der Waals surface area contributed by atoms with Crippen molar-refractivity contribution in [2.45, 2.75) is 31.2 Å². The summed E-state index contributed by atoms with van der Waals surface area (Å²) in [7, 11) is 1.01. The van der Waals surface area contributed by atoms with Gasteiger partial charge in [0, 0.05) is 46.8 Å². The van der Waals surface area contributed by atoms with E-state index in [0.29, 0.717) is 34.5 Å². The molecule has 36 heavy (non-hydrogen) atoms. The third-order valence-corrected chi connectivity index (χ3v) is 6.99. The first-order valence-corrected chi connectivity index (χ1v) is 12.6. The molecule has 0 saturated heterocycles. The lowest BCUT2D eigenvalue weighted by atomic mass is 10.1. The molecule has 0 amide bonds. The Morgan fingerprint density at radius 1 is 0.917 bits per heavy atom. The van der Waals surface area contributed by atoms with Crippen molar-refractivity contribution in [2.24, 2.45) is 0 Å². The fraction of sp³-hybridized carbons (Fsp3) is 0.280. The van der Waals surface area contributed by atoms with Gasteiger partial charge in [-0.05, 0) is 51.1 Å². The van der Waals surface area contributed by atoms with Crippen molar-refractivity contribution in [3.05, 3.63) is 54.9 Å². The fourth-order valence-electron chi connectivity index (χ4n) is 3.72. The van der Waals surface area contributed by atoms with E-state index in [0.717, 1.165) is 11.1 Å². The van der Waals surface area contributed by atoms with Crippen molar-refractivity contribution in [2.75, 3.05) is 26.6 Å². The van der Waals surface area contributed by atoms with E-state index in [1.165, 1.54) is 0 Å². The summed E-state index contributed by atoms with van der Waals surface area (Å²) in [6.45, 7) is 5.40. The first-order valence-electron chi connectivity index (χ1n) is 11.1. The van der Waals surface area contributed by atoms with Gasteiger partial charge in [-0.2, -0.15) is 4.98 Å². The van der Waals surface area contributed by atoms with Crippen molar-refractivity contribution in [1.29, 1.82) is 0 Å². The number of nitrogens with zero attached hydrogens (tertiary/aromatic N) is 3.